The molecule has 1 aromatic carbocycles. The van der Waals surface area contributed by atoms with E-state index in [1.54, 1.807) is 6.92 Å². The highest BCUT2D eigenvalue weighted by molar-refractivity contribution is 5.80. The second-order valence-corrected chi connectivity index (χ2v) is 5.09. The predicted octanol–water partition coefficient (Wildman–Crippen LogP) is 3.41. The largest absolute Gasteiger partial charge is 0.411 e. The Bertz CT molecular complexity index is 626. The van der Waals surface area contributed by atoms with Gasteiger partial charge in [0.15, 0.2) is 5.69 Å². The van der Waals surface area contributed by atoms with Crippen molar-refractivity contribution in [2.75, 3.05) is 5.32 Å². The zero-order valence-electron chi connectivity index (χ0n) is 13.3. The molecule has 1 aromatic rings. The maximum absolute atomic E-state index is 11.5. The first-order valence-corrected chi connectivity index (χ1v) is 7.24. The molecule has 0 fully saturated rings. The van der Waals surface area contributed by atoms with Crippen LogP contribution >= 0.6 is 0 Å². The number of anilines is 1. The molecule has 9 nitrogen and oxygen atoms in total. The van der Waals surface area contributed by atoms with Crippen LogP contribution in [0.25, 0.3) is 0 Å². The summed E-state index contributed by atoms with van der Waals surface area (Å²) < 4.78 is 0. The van der Waals surface area contributed by atoms with Crippen molar-refractivity contribution >= 4 is 23.3 Å². The van der Waals surface area contributed by atoms with Crippen LogP contribution in [0.4, 0.5) is 17.1 Å². The fraction of sp³-hybridized carbons (Fsp3) is 0.500. The van der Waals surface area contributed by atoms with Gasteiger partial charge in [0.1, 0.15) is 0 Å². The number of hydrogen-bond acceptors (Lipinski definition) is 7. The third kappa shape index (κ3) is 4.15. The first-order chi connectivity index (χ1) is 10.9. The number of aryl methyl sites for hydroxylation is 1. The number of rotatable bonds is 8. The Morgan fingerprint density at radius 2 is 1.91 bits per heavy atom. The van der Waals surface area contributed by atoms with Crippen LogP contribution in [0.2, 0.25) is 0 Å². The molecule has 9 heteroatoms. The van der Waals surface area contributed by atoms with Gasteiger partial charge in [-0.2, -0.15) is 0 Å². The van der Waals surface area contributed by atoms with E-state index in [2.05, 4.69) is 10.5 Å². The van der Waals surface area contributed by atoms with Gasteiger partial charge in [-0.25, -0.2) is 0 Å². The van der Waals surface area contributed by atoms with E-state index >= 15 is 0 Å². The van der Waals surface area contributed by atoms with Crippen LogP contribution in [0.5, 0.6) is 0 Å². The van der Waals surface area contributed by atoms with Crippen LogP contribution in [0.1, 0.15) is 37.8 Å². The normalized spacial score (nSPS) is 11.1. The topological polar surface area (TPSA) is 131 Å². The summed E-state index contributed by atoms with van der Waals surface area (Å²) in [5, 5.41) is 37.2. The second-order valence-electron chi connectivity index (χ2n) is 5.09. The number of hydrogen-bond donors (Lipinski definition) is 2. The SMILES string of the molecule is CCC(CC)Nc1c([N+](=O)[O-])cc(C)c(C/C=N/O)c1[N+](=O)[O-]. The van der Waals surface area contributed by atoms with Crippen molar-refractivity contribution in [3.8, 4) is 0 Å². The lowest BCUT2D eigenvalue weighted by atomic mass is 10.00. The van der Waals surface area contributed by atoms with E-state index in [4.69, 9.17) is 5.21 Å². The zero-order chi connectivity index (χ0) is 17.6. The lowest BCUT2D eigenvalue weighted by molar-refractivity contribution is -0.392. The molecule has 0 saturated carbocycles. The lowest BCUT2D eigenvalue weighted by Crippen LogP contribution is -2.19. The first-order valence-electron chi connectivity index (χ1n) is 7.24. The molecule has 0 amide bonds. The minimum atomic E-state index is -0.634. The van der Waals surface area contributed by atoms with Crippen LogP contribution in [0.15, 0.2) is 11.2 Å². The van der Waals surface area contributed by atoms with Gasteiger partial charge < -0.3 is 10.5 Å². The fourth-order valence-corrected chi connectivity index (χ4v) is 2.40. The lowest BCUT2D eigenvalue weighted by Gasteiger charge is -2.18. The number of oxime groups is 1. The highest BCUT2D eigenvalue weighted by Crippen LogP contribution is 2.40. The predicted molar refractivity (Wildman–Crippen MR) is 86.5 cm³/mol. The average molecular weight is 324 g/mol. The van der Waals surface area contributed by atoms with Gasteiger partial charge >= 0.3 is 5.69 Å². The molecule has 0 aromatic heterocycles. The van der Waals surface area contributed by atoms with E-state index in [-0.39, 0.29) is 35.1 Å². The van der Waals surface area contributed by atoms with Gasteiger partial charge in [0, 0.05) is 30.3 Å². The van der Waals surface area contributed by atoms with Crippen molar-refractivity contribution in [2.24, 2.45) is 5.16 Å². The van der Waals surface area contributed by atoms with Crippen LogP contribution < -0.4 is 5.32 Å². The number of nitro benzene ring substituents is 2. The molecule has 0 spiro atoms. The minimum Gasteiger partial charge on any atom is -0.411 e. The molecule has 0 aliphatic heterocycles. The van der Waals surface area contributed by atoms with Gasteiger partial charge in [0.2, 0.25) is 0 Å². The summed E-state index contributed by atoms with van der Waals surface area (Å²) >= 11 is 0. The molecular weight excluding hydrogens is 304 g/mol. The molecule has 0 radical (unpaired) electrons. The smallest absolute Gasteiger partial charge is 0.303 e. The molecular formula is C14H20N4O5. The Labute approximate surface area is 133 Å². The summed E-state index contributed by atoms with van der Waals surface area (Å²) in [6.45, 7) is 5.35. The zero-order valence-corrected chi connectivity index (χ0v) is 13.3. The fourth-order valence-electron chi connectivity index (χ4n) is 2.40. The van der Waals surface area contributed by atoms with E-state index in [9.17, 15) is 20.2 Å². The molecule has 0 bridgehead atoms. The number of benzene rings is 1. The number of nitro groups is 2. The average Bonchev–Trinajstić information content (AvgIpc) is 2.50. The van der Waals surface area contributed by atoms with Crippen molar-refractivity contribution in [3.05, 3.63) is 37.4 Å². The molecule has 0 heterocycles. The third-order valence-corrected chi connectivity index (χ3v) is 3.70. The Morgan fingerprint density at radius 3 is 2.35 bits per heavy atom. The van der Waals surface area contributed by atoms with Crippen molar-refractivity contribution < 1.29 is 15.1 Å². The third-order valence-electron chi connectivity index (χ3n) is 3.70. The summed E-state index contributed by atoms with van der Waals surface area (Å²) in [5.74, 6) is 0. The maximum Gasteiger partial charge on any atom is 0.303 e. The van der Waals surface area contributed by atoms with E-state index in [1.807, 2.05) is 13.8 Å². The van der Waals surface area contributed by atoms with E-state index in [0.717, 1.165) is 6.21 Å². The van der Waals surface area contributed by atoms with Gasteiger partial charge in [-0.1, -0.05) is 13.8 Å². The summed E-state index contributed by atoms with van der Waals surface area (Å²) in [5.41, 5.74) is -0.0832. The molecule has 1 rings (SSSR count). The Hall–Kier alpha value is -2.71. The first kappa shape index (κ1) is 18.3. The van der Waals surface area contributed by atoms with Crippen molar-refractivity contribution in [1.29, 1.82) is 0 Å². The van der Waals surface area contributed by atoms with Gasteiger partial charge in [-0.15, -0.1) is 5.16 Å². The Kier molecular flexibility index (Phi) is 6.43. The van der Waals surface area contributed by atoms with Crippen LogP contribution in [0.3, 0.4) is 0 Å². The standard InChI is InChI=1S/C14H20N4O5/c1-4-10(5-2)16-13-12(17(20)21)8-9(3)11(6-7-15-19)14(13)18(22)23/h7-8,10,16,19H,4-6H2,1-3H3/b15-7+. The molecule has 0 unspecified atom stereocenters. The summed E-state index contributed by atoms with van der Waals surface area (Å²) in [6, 6.07) is 1.19. The molecule has 23 heavy (non-hydrogen) atoms. The van der Waals surface area contributed by atoms with E-state index in [0.29, 0.717) is 18.4 Å². The highest BCUT2D eigenvalue weighted by Gasteiger charge is 2.31. The highest BCUT2D eigenvalue weighted by atomic mass is 16.6. The summed E-state index contributed by atoms with van der Waals surface area (Å²) in [6.07, 6.45) is 2.47. The van der Waals surface area contributed by atoms with Crippen LogP contribution in [-0.2, 0) is 6.42 Å². The van der Waals surface area contributed by atoms with Crippen LogP contribution in [0, 0.1) is 27.2 Å². The van der Waals surface area contributed by atoms with Gasteiger partial charge in [-0.3, -0.25) is 20.2 Å². The van der Waals surface area contributed by atoms with Crippen LogP contribution in [-0.4, -0.2) is 27.3 Å². The molecule has 126 valence electrons. The number of nitrogens with one attached hydrogen (secondary N) is 1. The van der Waals surface area contributed by atoms with Crippen molar-refractivity contribution in [2.45, 2.75) is 46.1 Å². The van der Waals surface area contributed by atoms with E-state index < -0.39 is 9.85 Å². The molecule has 0 aliphatic rings. The van der Waals surface area contributed by atoms with E-state index in [1.165, 1.54) is 6.07 Å². The van der Waals surface area contributed by atoms with Crippen molar-refractivity contribution in [3.63, 3.8) is 0 Å². The molecule has 2 N–H and O–H groups in total. The monoisotopic (exact) mass is 324 g/mol. The summed E-state index contributed by atoms with van der Waals surface area (Å²) in [4.78, 5) is 21.6. The van der Waals surface area contributed by atoms with Gasteiger partial charge in [-0.05, 0) is 25.3 Å². The Morgan fingerprint density at radius 1 is 1.30 bits per heavy atom. The molecule has 0 saturated heterocycles. The second kappa shape index (κ2) is 8.06. The Balaban J connectivity index is 3.64. The summed E-state index contributed by atoms with van der Waals surface area (Å²) in [7, 11) is 0. The molecule has 0 atom stereocenters. The van der Waals surface area contributed by atoms with Crippen molar-refractivity contribution in [1.82, 2.24) is 0 Å². The molecule has 0 aliphatic carbocycles. The number of nitrogens with zero attached hydrogens (tertiary/aromatic N) is 3. The van der Waals surface area contributed by atoms with Gasteiger partial charge in [0.25, 0.3) is 5.69 Å². The minimum absolute atomic E-state index is 0.00817. The maximum atomic E-state index is 11.5. The quantitative estimate of drug-likeness (QED) is 0.326. The van der Waals surface area contributed by atoms with Gasteiger partial charge in [0.05, 0.1) is 9.85 Å².